The van der Waals surface area contributed by atoms with Gasteiger partial charge >= 0.3 is 5.97 Å². The van der Waals surface area contributed by atoms with Gasteiger partial charge in [-0.3, -0.25) is 0 Å². The SMILES string of the molecule is COC(=O)c1nc(OC)c2sc3nc(C)c(C)c(C)c3c2n1. The third kappa shape index (κ3) is 2.00. The molecule has 0 bridgehead atoms. The van der Waals surface area contributed by atoms with Crippen LogP contribution in [-0.2, 0) is 4.74 Å². The lowest BCUT2D eigenvalue weighted by Crippen LogP contribution is -2.08. The second kappa shape index (κ2) is 5.17. The van der Waals surface area contributed by atoms with Gasteiger partial charge in [0.25, 0.3) is 0 Å². The Bertz CT molecular complexity index is 918. The number of rotatable bonds is 2. The number of nitrogens with zero attached hydrogens (tertiary/aromatic N) is 3. The Kier molecular flexibility index (Phi) is 3.44. The Morgan fingerprint density at radius 1 is 1.05 bits per heavy atom. The van der Waals surface area contributed by atoms with E-state index in [1.807, 2.05) is 20.8 Å². The molecule has 3 heterocycles. The van der Waals surface area contributed by atoms with Crippen molar-refractivity contribution in [2.45, 2.75) is 20.8 Å². The van der Waals surface area contributed by atoms with Crippen molar-refractivity contribution in [3.05, 3.63) is 22.6 Å². The number of aryl methyl sites for hydroxylation is 2. The van der Waals surface area contributed by atoms with Crippen molar-refractivity contribution >= 4 is 37.7 Å². The van der Waals surface area contributed by atoms with Crippen LogP contribution in [0, 0.1) is 20.8 Å². The minimum Gasteiger partial charge on any atom is -0.480 e. The van der Waals surface area contributed by atoms with E-state index < -0.39 is 5.97 Å². The summed E-state index contributed by atoms with van der Waals surface area (Å²) in [6.45, 7) is 6.04. The van der Waals surface area contributed by atoms with Gasteiger partial charge < -0.3 is 9.47 Å². The van der Waals surface area contributed by atoms with Crippen LogP contribution in [0.3, 0.4) is 0 Å². The molecule has 0 aromatic carbocycles. The highest BCUT2D eigenvalue weighted by Crippen LogP contribution is 2.39. The maximum absolute atomic E-state index is 11.8. The maximum Gasteiger partial charge on any atom is 0.376 e. The van der Waals surface area contributed by atoms with Crippen LogP contribution in [-0.4, -0.2) is 35.1 Å². The number of pyridine rings is 1. The van der Waals surface area contributed by atoms with E-state index >= 15 is 0 Å². The molecule has 0 radical (unpaired) electrons. The van der Waals surface area contributed by atoms with Gasteiger partial charge in [-0.2, -0.15) is 4.98 Å². The molecule has 0 unspecified atom stereocenters. The number of esters is 1. The second-order valence-electron chi connectivity index (χ2n) is 4.96. The standard InChI is InChI=1S/C15H15N3O3S/c1-6-7(2)9-10-11(22-14(9)16-8(6)3)13(20-4)18-12(17-10)15(19)21-5/h1-5H3. The lowest BCUT2D eigenvalue weighted by atomic mass is 10.1. The summed E-state index contributed by atoms with van der Waals surface area (Å²) < 4.78 is 10.8. The van der Waals surface area contributed by atoms with Crippen LogP contribution in [0.2, 0.25) is 0 Å². The average molecular weight is 317 g/mol. The van der Waals surface area contributed by atoms with Crippen molar-refractivity contribution in [1.82, 2.24) is 15.0 Å². The number of carbonyl (C=O) groups excluding carboxylic acids is 1. The summed E-state index contributed by atoms with van der Waals surface area (Å²) in [5, 5.41) is 0.939. The fourth-order valence-corrected chi connectivity index (χ4v) is 3.56. The van der Waals surface area contributed by atoms with Crippen LogP contribution < -0.4 is 4.74 Å². The number of ether oxygens (including phenoxy) is 2. The first-order valence-electron chi connectivity index (χ1n) is 6.68. The van der Waals surface area contributed by atoms with Gasteiger partial charge in [0.1, 0.15) is 9.53 Å². The predicted octanol–water partition coefficient (Wildman–Crippen LogP) is 2.96. The first-order chi connectivity index (χ1) is 10.5. The molecule has 0 fully saturated rings. The van der Waals surface area contributed by atoms with E-state index in [0.29, 0.717) is 11.4 Å². The van der Waals surface area contributed by atoms with Crippen LogP contribution >= 0.6 is 11.3 Å². The number of methoxy groups -OCH3 is 2. The summed E-state index contributed by atoms with van der Waals surface area (Å²) in [6, 6.07) is 0. The highest BCUT2D eigenvalue weighted by molar-refractivity contribution is 7.25. The summed E-state index contributed by atoms with van der Waals surface area (Å²) in [7, 11) is 2.82. The van der Waals surface area contributed by atoms with E-state index in [4.69, 9.17) is 9.47 Å². The van der Waals surface area contributed by atoms with E-state index in [2.05, 4.69) is 15.0 Å². The summed E-state index contributed by atoms with van der Waals surface area (Å²) >= 11 is 1.46. The van der Waals surface area contributed by atoms with E-state index in [-0.39, 0.29) is 5.82 Å². The predicted molar refractivity (Wildman–Crippen MR) is 84.8 cm³/mol. The third-order valence-corrected chi connectivity index (χ3v) is 4.86. The molecule has 114 valence electrons. The Morgan fingerprint density at radius 3 is 2.41 bits per heavy atom. The summed E-state index contributed by atoms with van der Waals surface area (Å²) in [6.07, 6.45) is 0. The molecule has 7 heteroatoms. The molecule has 22 heavy (non-hydrogen) atoms. The molecule has 0 spiro atoms. The van der Waals surface area contributed by atoms with E-state index in [1.165, 1.54) is 25.6 Å². The van der Waals surface area contributed by atoms with E-state index in [0.717, 1.165) is 31.7 Å². The van der Waals surface area contributed by atoms with Gasteiger partial charge in [-0.1, -0.05) is 0 Å². The monoisotopic (exact) mass is 317 g/mol. The number of thiophene rings is 1. The van der Waals surface area contributed by atoms with Crippen molar-refractivity contribution in [2.24, 2.45) is 0 Å². The summed E-state index contributed by atoms with van der Waals surface area (Å²) in [5.74, 6) is -0.235. The molecule has 0 aliphatic heterocycles. The number of hydrogen-bond acceptors (Lipinski definition) is 7. The minimum absolute atomic E-state index is 0.0100. The first kappa shape index (κ1) is 14.6. The van der Waals surface area contributed by atoms with Gasteiger partial charge in [-0.25, -0.2) is 14.8 Å². The lowest BCUT2D eigenvalue weighted by molar-refractivity contribution is 0.0586. The number of carbonyl (C=O) groups is 1. The molecular formula is C15H15N3O3S. The zero-order valence-corrected chi connectivity index (χ0v) is 13.8. The van der Waals surface area contributed by atoms with Gasteiger partial charge in [-0.05, 0) is 31.9 Å². The quantitative estimate of drug-likeness (QED) is 0.677. The van der Waals surface area contributed by atoms with Crippen molar-refractivity contribution in [3.8, 4) is 5.88 Å². The average Bonchev–Trinajstić information content (AvgIpc) is 2.88. The maximum atomic E-state index is 11.8. The van der Waals surface area contributed by atoms with Crippen molar-refractivity contribution in [3.63, 3.8) is 0 Å². The zero-order valence-electron chi connectivity index (χ0n) is 13.0. The highest BCUT2D eigenvalue weighted by Gasteiger charge is 2.21. The highest BCUT2D eigenvalue weighted by atomic mass is 32.1. The lowest BCUT2D eigenvalue weighted by Gasteiger charge is -2.06. The molecule has 3 aromatic rings. The molecular weight excluding hydrogens is 302 g/mol. The molecule has 0 amide bonds. The third-order valence-electron chi connectivity index (χ3n) is 3.79. The van der Waals surface area contributed by atoms with Gasteiger partial charge in [0.05, 0.1) is 19.7 Å². The van der Waals surface area contributed by atoms with Gasteiger partial charge in [0, 0.05) is 11.1 Å². The molecule has 6 nitrogen and oxygen atoms in total. The van der Waals surface area contributed by atoms with Gasteiger partial charge in [-0.15, -0.1) is 11.3 Å². The van der Waals surface area contributed by atoms with Crippen LogP contribution in [0.25, 0.3) is 20.4 Å². The number of hydrogen-bond donors (Lipinski definition) is 0. The van der Waals surface area contributed by atoms with Crippen molar-refractivity contribution in [2.75, 3.05) is 14.2 Å². The summed E-state index contributed by atoms with van der Waals surface area (Å²) in [5.41, 5.74) is 3.88. The van der Waals surface area contributed by atoms with Crippen molar-refractivity contribution < 1.29 is 14.3 Å². The molecule has 0 saturated carbocycles. The molecule has 0 saturated heterocycles. The van der Waals surface area contributed by atoms with E-state index in [9.17, 15) is 4.79 Å². The van der Waals surface area contributed by atoms with Gasteiger partial charge in [0.2, 0.25) is 11.7 Å². The minimum atomic E-state index is -0.589. The largest absolute Gasteiger partial charge is 0.480 e. The molecule has 3 rings (SSSR count). The van der Waals surface area contributed by atoms with Crippen LogP contribution in [0.4, 0.5) is 0 Å². The fourth-order valence-electron chi connectivity index (χ4n) is 2.37. The Morgan fingerprint density at radius 2 is 1.77 bits per heavy atom. The molecule has 3 aromatic heterocycles. The molecule has 0 aliphatic rings. The van der Waals surface area contributed by atoms with Crippen molar-refractivity contribution in [1.29, 1.82) is 0 Å². The number of aromatic nitrogens is 3. The zero-order chi connectivity index (χ0) is 16.0. The Hall–Kier alpha value is -2.28. The molecule has 0 N–H and O–H groups in total. The van der Waals surface area contributed by atoms with Crippen LogP contribution in [0.15, 0.2) is 0 Å². The first-order valence-corrected chi connectivity index (χ1v) is 7.50. The topological polar surface area (TPSA) is 74.2 Å². The summed E-state index contributed by atoms with van der Waals surface area (Å²) in [4.78, 5) is 25.8. The smallest absolute Gasteiger partial charge is 0.376 e. The van der Waals surface area contributed by atoms with E-state index in [1.54, 1.807) is 0 Å². The Labute approximate surface area is 131 Å². The second-order valence-corrected chi connectivity index (χ2v) is 5.95. The normalized spacial score (nSPS) is 11.1. The number of fused-ring (bicyclic) bond motifs is 3. The van der Waals surface area contributed by atoms with Crippen LogP contribution in [0.1, 0.15) is 27.4 Å². The van der Waals surface area contributed by atoms with Crippen LogP contribution in [0.5, 0.6) is 5.88 Å². The van der Waals surface area contributed by atoms with Gasteiger partial charge in [0.15, 0.2) is 0 Å². The molecule has 0 atom stereocenters. The molecule has 0 aliphatic carbocycles. The fraction of sp³-hybridized carbons (Fsp3) is 0.333. The Balaban J connectivity index is 2.48.